The van der Waals surface area contributed by atoms with Crippen LogP contribution in [0.1, 0.15) is 43.6 Å². The van der Waals surface area contributed by atoms with Crippen LogP contribution in [0.2, 0.25) is 0 Å². The number of hydrogen-bond acceptors (Lipinski definition) is 2. The molecule has 1 fully saturated rings. The third-order valence-electron chi connectivity index (χ3n) is 3.91. The standard InChI is InChI=1S/C14H24N2O/c1-10(2)8-16-11(3)7-13(12(16)4)14(5-6-14)9-17-15/h7,10H,5-6,8-9,15H2,1-4H3. The van der Waals surface area contributed by atoms with Gasteiger partial charge in [0.05, 0.1) is 6.61 Å². The zero-order valence-corrected chi connectivity index (χ0v) is 11.4. The van der Waals surface area contributed by atoms with Crippen LogP contribution >= 0.6 is 0 Å². The van der Waals surface area contributed by atoms with Gasteiger partial charge in [-0.1, -0.05) is 13.8 Å². The quantitative estimate of drug-likeness (QED) is 0.798. The van der Waals surface area contributed by atoms with E-state index in [-0.39, 0.29) is 5.41 Å². The number of rotatable bonds is 5. The highest BCUT2D eigenvalue weighted by Gasteiger charge is 2.46. The molecule has 1 aliphatic carbocycles. The van der Waals surface area contributed by atoms with Gasteiger partial charge in [-0.3, -0.25) is 0 Å². The maximum atomic E-state index is 5.26. The van der Waals surface area contributed by atoms with Gasteiger partial charge < -0.3 is 9.40 Å². The Kier molecular flexibility index (Phi) is 3.32. The van der Waals surface area contributed by atoms with Crippen LogP contribution in [0, 0.1) is 19.8 Å². The summed E-state index contributed by atoms with van der Waals surface area (Å²) in [5, 5.41) is 0. The first-order chi connectivity index (χ1) is 8.00. The second kappa shape index (κ2) is 4.46. The highest BCUT2D eigenvalue weighted by atomic mass is 16.6. The molecule has 17 heavy (non-hydrogen) atoms. The van der Waals surface area contributed by atoms with Gasteiger partial charge in [-0.15, -0.1) is 0 Å². The fourth-order valence-electron chi connectivity index (χ4n) is 2.79. The molecule has 0 amide bonds. The van der Waals surface area contributed by atoms with Crippen molar-refractivity contribution >= 4 is 0 Å². The van der Waals surface area contributed by atoms with Crippen LogP contribution in [0.5, 0.6) is 0 Å². The molecule has 1 saturated carbocycles. The van der Waals surface area contributed by atoms with Crippen molar-refractivity contribution < 1.29 is 4.84 Å². The van der Waals surface area contributed by atoms with E-state index in [9.17, 15) is 0 Å². The lowest BCUT2D eigenvalue weighted by molar-refractivity contribution is 0.116. The van der Waals surface area contributed by atoms with Crippen molar-refractivity contribution in [1.82, 2.24) is 4.57 Å². The van der Waals surface area contributed by atoms with Gasteiger partial charge >= 0.3 is 0 Å². The molecular formula is C14H24N2O. The van der Waals surface area contributed by atoms with Crippen molar-refractivity contribution in [3.8, 4) is 0 Å². The average molecular weight is 236 g/mol. The maximum Gasteiger partial charge on any atom is 0.0776 e. The molecule has 3 nitrogen and oxygen atoms in total. The SMILES string of the molecule is Cc1cc(C2(CON)CC2)c(C)n1CC(C)C. The molecule has 0 unspecified atom stereocenters. The first-order valence-corrected chi connectivity index (χ1v) is 6.49. The fourth-order valence-corrected chi connectivity index (χ4v) is 2.79. The van der Waals surface area contributed by atoms with Crippen molar-refractivity contribution in [2.75, 3.05) is 6.61 Å². The Labute approximate surface area is 104 Å². The Morgan fingerprint density at radius 1 is 1.41 bits per heavy atom. The minimum Gasteiger partial charge on any atom is -0.349 e. The lowest BCUT2D eigenvalue weighted by Crippen LogP contribution is -2.19. The molecule has 0 radical (unpaired) electrons. The molecule has 0 spiro atoms. The van der Waals surface area contributed by atoms with E-state index < -0.39 is 0 Å². The molecule has 1 aliphatic rings. The number of nitrogens with two attached hydrogens (primary N) is 1. The maximum absolute atomic E-state index is 5.26. The molecule has 0 saturated heterocycles. The van der Waals surface area contributed by atoms with E-state index in [1.165, 1.54) is 29.8 Å². The Bertz CT molecular complexity index is 403. The van der Waals surface area contributed by atoms with Gasteiger partial charge in [-0.05, 0) is 44.2 Å². The summed E-state index contributed by atoms with van der Waals surface area (Å²) >= 11 is 0. The normalized spacial score (nSPS) is 17.8. The van der Waals surface area contributed by atoms with E-state index in [1.807, 2.05) is 0 Å². The van der Waals surface area contributed by atoms with E-state index in [0.717, 1.165) is 6.54 Å². The third-order valence-corrected chi connectivity index (χ3v) is 3.91. The molecule has 0 atom stereocenters. The van der Waals surface area contributed by atoms with Gasteiger partial charge in [0.15, 0.2) is 0 Å². The summed E-state index contributed by atoms with van der Waals surface area (Å²) < 4.78 is 2.43. The van der Waals surface area contributed by atoms with Crippen molar-refractivity contribution in [1.29, 1.82) is 0 Å². The van der Waals surface area contributed by atoms with Gasteiger partial charge in [0.25, 0.3) is 0 Å². The van der Waals surface area contributed by atoms with Crippen LogP contribution < -0.4 is 5.90 Å². The molecule has 0 aromatic carbocycles. The van der Waals surface area contributed by atoms with E-state index in [1.54, 1.807) is 0 Å². The largest absolute Gasteiger partial charge is 0.349 e. The summed E-state index contributed by atoms with van der Waals surface area (Å²) in [6, 6.07) is 2.32. The smallest absolute Gasteiger partial charge is 0.0776 e. The van der Waals surface area contributed by atoms with E-state index in [0.29, 0.717) is 12.5 Å². The number of hydrogen-bond donors (Lipinski definition) is 1. The summed E-state index contributed by atoms with van der Waals surface area (Å²) in [7, 11) is 0. The highest BCUT2D eigenvalue weighted by Crippen LogP contribution is 2.50. The number of aromatic nitrogens is 1. The molecule has 0 bridgehead atoms. The van der Waals surface area contributed by atoms with Crippen molar-refractivity contribution in [2.24, 2.45) is 11.8 Å². The molecule has 0 aliphatic heterocycles. The Hall–Kier alpha value is -0.800. The fraction of sp³-hybridized carbons (Fsp3) is 0.714. The second-order valence-corrected chi connectivity index (χ2v) is 5.88. The summed E-state index contributed by atoms with van der Waals surface area (Å²) in [5.41, 5.74) is 4.41. The zero-order chi connectivity index (χ0) is 12.6. The molecule has 2 N–H and O–H groups in total. The van der Waals surface area contributed by atoms with Crippen LogP contribution in [-0.2, 0) is 16.8 Å². The van der Waals surface area contributed by atoms with E-state index >= 15 is 0 Å². The third kappa shape index (κ3) is 2.26. The van der Waals surface area contributed by atoms with Crippen molar-refractivity contribution in [3.05, 3.63) is 23.0 Å². The molecule has 1 heterocycles. The van der Waals surface area contributed by atoms with Crippen LogP contribution in [0.25, 0.3) is 0 Å². The van der Waals surface area contributed by atoms with Gasteiger partial charge in [0.2, 0.25) is 0 Å². The van der Waals surface area contributed by atoms with Crippen molar-refractivity contribution in [2.45, 2.75) is 52.5 Å². The summed E-state index contributed by atoms with van der Waals surface area (Å²) in [4.78, 5) is 4.90. The lowest BCUT2D eigenvalue weighted by atomic mass is 9.97. The van der Waals surface area contributed by atoms with Crippen LogP contribution in [0.15, 0.2) is 6.07 Å². The molecular weight excluding hydrogens is 212 g/mol. The average Bonchev–Trinajstić information content (AvgIpc) is 2.97. The van der Waals surface area contributed by atoms with Gasteiger partial charge in [0, 0.05) is 23.3 Å². The summed E-state index contributed by atoms with van der Waals surface area (Å²) in [5.74, 6) is 5.94. The predicted octanol–water partition coefficient (Wildman–Crippen LogP) is 2.68. The Balaban J connectivity index is 2.31. The zero-order valence-electron chi connectivity index (χ0n) is 11.4. The Morgan fingerprint density at radius 3 is 2.53 bits per heavy atom. The van der Waals surface area contributed by atoms with Crippen molar-refractivity contribution in [3.63, 3.8) is 0 Å². The second-order valence-electron chi connectivity index (χ2n) is 5.88. The van der Waals surface area contributed by atoms with Gasteiger partial charge in [-0.2, -0.15) is 0 Å². The van der Waals surface area contributed by atoms with Gasteiger partial charge in [0.1, 0.15) is 0 Å². The Morgan fingerprint density at radius 2 is 2.06 bits per heavy atom. The van der Waals surface area contributed by atoms with Gasteiger partial charge in [-0.25, -0.2) is 5.90 Å². The number of nitrogens with zero attached hydrogens (tertiary/aromatic N) is 1. The molecule has 3 heteroatoms. The minimum absolute atomic E-state index is 0.214. The first-order valence-electron chi connectivity index (χ1n) is 6.49. The van der Waals surface area contributed by atoms with Crippen LogP contribution in [0.4, 0.5) is 0 Å². The van der Waals surface area contributed by atoms with Crippen LogP contribution in [0.3, 0.4) is 0 Å². The number of aryl methyl sites for hydroxylation is 1. The molecule has 1 aromatic heterocycles. The lowest BCUT2D eigenvalue weighted by Gasteiger charge is -2.16. The predicted molar refractivity (Wildman–Crippen MR) is 69.8 cm³/mol. The monoisotopic (exact) mass is 236 g/mol. The van der Waals surface area contributed by atoms with Crippen LogP contribution in [-0.4, -0.2) is 11.2 Å². The topological polar surface area (TPSA) is 40.2 Å². The summed E-state index contributed by atoms with van der Waals surface area (Å²) in [6.07, 6.45) is 2.41. The van der Waals surface area contributed by atoms with E-state index in [2.05, 4.69) is 38.3 Å². The minimum atomic E-state index is 0.214. The summed E-state index contributed by atoms with van der Waals surface area (Å²) in [6.45, 7) is 10.7. The highest BCUT2D eigenvalue weighted by molar-refractivity contribution is 5.38. The first kappa shape index (κ1) is 12.7. The van der Waals surface area contributed by atoms with E-state index in [4.69, 9.17) is 10.7 Å². The molecule has 96 valence electrons. The molecule has 2 rings (SSSR count). The molecule has 1 aromatic rings.